The summed E-state index contributed by atoms with van der Waals surface area (Å²) in [4.78, 5) is 14.7. The van der Waals surface area contributed by atoms with Gasteiger partial charge in [-0.2, -0.15) is 5.16 Å². The molecule has 0 saturated heterocycles. The summed E-state index contributed by atoms with van der Waals surface area (Å²) in [7, 11) is -8.92. The van der Waals surface area contributed by atoms with Gasteiger partial charge in [-0.1, -0.05) is 274 Å². The van der Waals surface area contributed by atoms with E-state index in [0.717, 1.165) is 34.2 Å². The Labute approximate surface area is 422 Å². The molecule has 0 bridgehead atoms. The molecule has 4 aromatic carbocycles. The topological polar surface area (TPSA) is 102 Å². The number of nitrogens with zero attached hydrogens (tertiary/aromatic N) is 7. The van der Waals surface area contributed by atoms with Crippen molar-refractivity contribution in [3.63, 3.8) is 0 Å². The van der Waals surface area contributed by atoms with Crippen molar-refractivity contribution in [2.24, 2.45) is 14.0 Å². The first kappa shape index (κ1) is 61.8. The maximum atomic E-state index is 7.13. The molecule has 0 N–H and O–H groups in total. The van der Waals surface area contributed by atoms with Crippen LogP contribution >= 0.6 is 12.2 Å². The van der Waals surface area contributed by atoms with Crippen LogP contribution in [0.4, 0.5) is 0 Å². The quantitative estimate of drug-likeness (QED) is 0.0709. The van der Waals surface area contributed by atoms with Crippen molar-refractivity contribution < 1.29 is 39.9 Å². The smallest absolute Gasteiger partial charge is 0.753 e. The molecule has 0 spiro atoms. The second-order valence-electron chi connectivity index (χ2n) is 20.5. The minimum Gasteiger partial charge on any atom is -0.753 e. The van der Waals surface area contributed by atoms with Crippen molar-refractivity contribution >= 4 is 84.3 Å². The summed E-state index contributed by atoms with van der Waals surface area (Å²) in [5.74, 6) is 2.89. The molecule has 0 atom stereocenters. The van der Waals surface area contributed by atoms with Gasteiger partial charge in [-0.25, -0.2) is 0 Å². The number of benzene rings is 4. The van der Waals surface area contributed by atoms with Crippen molar-refractivity contribution in [2.45, 2.75) is 125 Å². The summed E-state index contributed by atoms with van der Waals surface area (Å²) in [6.07, 6.45) is 0. The Kier molecular flexibility index (Phi) is 29.2. The van der Waals surface area contributed by atoms with Gasteiger partial charge < -0.3 is 34.3 Å². The molecule has 4 aromatic rings. The average molecular weight is 1170 g/mol. The molecule has 0 aliphatic carbocycles. The minimum atomic E-state index is -1.49. The summed E-state index contributed by atoms with van der Waals surface area (Å²) in [6, 6.07) is 41.3. The molecule has 0 saturated carbocycles. The normalized spacial score (nSPS) is 12.3. The van der Waals surface area contributed by atoms with Crippen LogP contribution < -0.4 is 0 Å². The van der Waals surface area contributed by atoms with Gasteiger partial charge >= 0.3 is 39.9 Å². The fourth-order valence-corrected chi connectivity index (χ4v) is 9.85. The van der Waals surface area contributed by atoms with E-state index in [4.69, 9.17) is 34.3 Å². The van der Waals surface area contributed by atoms with E-state index in [9.17, 15) is 0 Å². The van der Waals surface area contributed by atoms with Gasteiger partial charge in [-0.05, 0) is 23.6 Å². The number of aryl methyl sites for hydroxylation is 1. The molecule has 0 aliphatic heterocycles. The van der Waals surface area contributed by atoms with Gasteiger partial charge in [0.2, 0.25) is 0 Å². The molecular formula is C47H77N7SSi6Th. The van der Waals surface area contributed by atoms with Crippen LogP contribution in [0.1, 0.15) is 22.3 Å². The van der Waals surface area contributed by atoms with E-state index >= 15 is 0 Å². The van der Waals surface area contributed by atoms with Crippen LogP contribution in [-0.2, 0) is 0 Å². The number of isothiocyanates is 1. The first-order chi connectivity index (χ1) is 27.8. The maximum Gasteiger partial charge on any atom is 4.00 e. The van der Waals surface area contributed by atoms with Crippen LogP contribution in [-0.4, -0.2) is 72.1 Å². The van der Waals surface area contributed by atoms with Gasteiger partial charge in [0, 0.05) is 49.4 Å². The van der Waals surface area contributed by atoms with Crippen molar-refractivity contribution in [3.8, 4) is 0 Å². The molecule has 62 heavy (non-hydrogen) atoms. The second-order valence-corrected chi connectivity index (χ2v) is 48.1. The van der Waals surface area contributed by atoms with E-state index in [1.165, 1.54) is 10.7 Å². The number of amidine groups is 3. The molecule has 7 nitrogen and oxygen atoms in total. The molecule has 0 amide bonds. The third-order valence-corrected chi connectivity index (χ3v) is 12.0. The fourth-order valence-electron chi connectivity index (χ4n) is 4.66. The van der Waals surface area contributed by atoms with E-state index < -0.39 is 49.4 Å². The van der Waals surface area contributed by atoms with Crippen LogP contribution in [0.3, 0.4) is 0 Å². The summed E-state index contributed by atoms with van der Waals surface area (Å²) >= 11 is 3.70. The van der Waals surface area contributed by atoms with Gasteiger partial charge in [0.05, 0.1) is 0 Å². The molecule has 0 radical (unpaired) electrons. The molecule has 0 unspecified atom stereocenters. The summed E-state index contributed by atoms with van der Waals surface area (Å²) < 4.78 is 14.7. The Bertz CT molecular complexity index is 1750. The molecular weight excluding hydrogens is 1100 g/mol. The van der Waals surface area contributed by atoms with Crippen LogP contribution in [0.5, 0.6) is 0 Å². The molecule has 4 rings (SSSR count). The third kappa shape index (κ3) is 36.1. The molecule has 0 heterocycles. The van der Waals surface area contributed by atoms with Crippen LogP contribution in [0.25, 0.3) is 20.4 Å². The molecule has 334 valence electrons. The number of hydrogen-bond donors (Lipinski definition) is 0. The van der Waals surface area contributed by atoms with Gasteiger partial charge in [0.15, 0.2) is 0 Å². The van der Waals surface area contributed by atoms with E-state index in [1.54, 1.807) is 0 Å². The minimum absolute atomic E-state index is 0. The van der Waals surface area contributed by atoms with Gasteiger partial charge in [-0.3, -0.25) is 0 Å². The van der Waals surface area contributed by atoms with E-state index in [2.05, 4.69) is 222 Å². The number of thiocarbonyl (C=S) groups is 1. The van der Waals surface area contributed by atoms with E-state index in [1.807, 2.05) is 36.4 Å². The van der Waals surface area contributed by atoms with E-state index in [-0.39, 0.29) is 39.9 Å². The van der Waals surface area contributed by atoms with Gasteiger partial charge in [0.1, 0.15) is 0 Å². The number of hydrogen-bond acceptors (Lipinski definition) is 4. The predicted molar refractivity (Wildman–Crippen MR) is 296 cm³/mol. The standard InChI is InChI=1S/3C13H23N2Si2.C7H8.CNS.Th/c3*1-16(2,3)14-13(15-17(4,5)6)12-10-8-7-9-11-12;1-7-5-3-2-4-6-7;2-1-3;/h3*7-11H,1-6H3;2-6H,1H3;;/q3*-1;;-1;+4. The van der Waals surface area contributed by atoms with Crippen LogP contribution in [0.15, 0.2) is 135 Å². The zero-order valence-corrected chi connectivity index (χ0v) is 52.5. The molecule has 15 heteroatoms. The van der Waals surface area contributed by atoms with Crippen LogP contribution in [0, 0.1) is 46.9 Å². The fraction of sp³-hybridized carbons (Fsp3) is 0.404. The third-order valence-electron chi connectivity index (χ3n) is 6.68. The number of rotatable bonds is 9. The van der Waals surface area contributed by atoms with Crippen molar-refractivity contribution in [3.05, 3.63) is 164 Å². The first-order valence-electron chi connectivity index (χ1n) is 21.0. The van der Waals surface area contributed by atoms with Gasteiger partial charge in [0.25, 0.3) is 0 Å². The Balaban J connectivity index is 0. The van der Waals surface area contributed by atoms with Crippen molar-refractivity contribution in [1.29, 1.82) is 0 Å². The predicted octanol–water partition coefficient (Wildman–Crippen LogP) is 16.1. The monoisotopic (exact) mass is 1170 g/mol. The first-order valence-corrected chi connectivity index (χ1v) is 42.1. The Morgan fingerprint density at radius 2 is 0.581 bits per heavy atom. The zero-order valence-electron chi connectivity index (χ0n) is 41.6. The second kappa shape index (κ2) is 29.3. The van der Waals surface area contributed by atoms with E-state index in [0.29, 0.717) is 0 Å². The average Bonchev–Trinajstić information content (AvgIpc) is 3.10. The molecule has 0 aliphatic rings. The molecule has 0 aromatic heterocycles. The Hall–Kier alpha value is -2.28. The Morgan fingerprint density at radius 1 is 0.403 bits per heavy atom. The van der Waals surface area contributed by atoms with Gasteiger partial charge in [-0.15, -0.1) is 0 Å². The summed E-state index contributed by atoms with van der Waals surface area (Å²) in [5.41, 5.74) is 4.77. The zero-order chi connectivity index (χ0) is 47.1. The Morgan fingerprint density at radius 3 is 0.710 bits per heavy atom. The largest absolute Gasteiger partial charge is 4.00 e. The van der Waals surface area contributed by atoms with Crippen molar-refractivity contribution in [1.82, 2.24) is 0 Å². The molecule has 0 fully saturated rings. The summed E-state index contributed by atoms with van der Waals surface area (Å²) in [5, 5.41) is 8.47. The SMILES string of the molecule is C[Si](C)(C)/N=C(/[N-][Si](C)(C)C)c1ccccc1.C[Si](C)(C)/N=C(/[N-][Si](C)(C)C)c1ccccc1.C[Si](C)(C)/N=C(/[N-][Si](C)(C)C)c1ccccc1.Cc1ccccc1.[N-]=C=S.[Th+4]. The summed E-state index contributed by atoms with van der Waals surface area (Å²) in [6.45, 7) is 42.5. The maximum absolute atomic E-state index is 7.13. The van der Waals surface area contributed by atoms with Crippen LogP contribution in [0.2, 0.25) is 118 Å². The van der Waals surface area contributed by atoms with Crippen molar-refractivity contribution in [2.75, 3.05) is 0 Å².